The van der Waals surface area contributed by atoms with E-state index in [1.165, 1.54) is 11.3 Å². The molecule has 21 heavy (non-hydrogen) atoms. The Bertz CT molecular complexity index is 534. The molecule has 0 radical (unpaired) electrons. The number of carbonyl (C=O) groups is 2. The average Bonchev–Trinajstić information content (AvgIpc) is 2.63. The van der Waals surface area contributed by atoms with Gasteiger partial charge in [-0.1, -0.05) is 20.8 Å². The van der Waals surface area contributed by atoms with Crippen molar-refractivity contribution >= 4 is 23.3 Å². The first-order valence-corrected chi connectivity index (χ1v) is 7.57. The van der Waals surface area contributed by atoms with E-state index in [-0.39, 0.29) is 6.04 Å². The van der Waals surface area contributed by atoms with E-state index in [0.717, 1.165) is 15.6 Å². The van der Waals surface area contributed by atoms with Crippen LogP contribution in [0.5, 0.6) is 0 Å². The summed E-state index contributed by atoms with van der Waals surface area (Å²) in [4.78, 5) is 28.5. The number of hydrogen-bond acceptors (Lipinski definition) is 4. The number of aliphatic carboxylic acids is 1. The number of rotatable bonds is 4. The number of hydrogen-bond donors (Lipinski definition) is 3. The predicted octanol–water partition coefficient (Wildman–Crippen LogP) is 2.62. The van der Waals surface area contributed by atoms with E-state index in [0.29, 0.717) is 0 Å². The van der Waals surface area contributed by atoms with Gasteiger partial charge in [0.25, 0.3) is 0 Å². The maximum atomic E-state index is 12.0. The number of amides is 2. The molecule has 0 aromatic carbocycles. The zero-order valence-corrected chi connectivity index (χ0v) is 14.1. The molecular formula is C14H23N3O3S. The van der Waals surface area contributed by atoms with Crippen molar-refractivity contribution in [2.24, 2.45) is 5.41 Å². The molecule has 2 amide bonds. The highest BCUT2D eigenvalue weighted by Crippen LogP contribution is 2.24. The molecule has 118 valence electrons. The number of nitrogens with zero attached hydrogens (tertiary/aromatic N) is 1. The fraction of sp³-hybridized carbons (Fsp3) is 0.643. The lowest BCUT2D eigenvalue weighted by molar-refractivity contribution is -0.141. The van der Waals surface area contributed by atoms with Gasteiger partial charge in [-0.3, -0.25) is 0 Å². The van der Waals surface area contributed by atoms with Crippen LogP contribution in [-0.4, -0.2) is 28.1 Å². The van der Waals surface area contributed by atoms with Crippen molar-refractivity contribution < 1.29 is 14.7 Å². The molecule has 1 rings (SSSR count). The zero-order chi connectivity index (χ0) is 16.4. The van der Waals surface area contributed by atoms with E-state index in [1.807, 2.05) is 20.8 Å². The van der Waals surface area contributed by atoms with Crippen LogP contribution >= 0.6 is 11.3 Å². The topological polar surface area (TPSA) is 91.3 Å². The number of carbonyl (C=O) groups excluding carboxylic acids is 1. The van der Waals surface area contributed by atoms with Gasteiger partial charge in [0, 0.05) is 4.88 Å². The fourth-order valence-electron chi connectivity index (χ4n) is 2.03. The van der Waals surface area contributed by atoms with Gasteiger partial charge in [-0.25, -0.2) is 14.6 Å². The standard InChI is InChI=1S/C14H23N3O3S/c1-7-10(21-9(3)15-7)8(2)16-13(20)17-11(12(18)19)14(4,5)6/h8,11H,1-6H3,(H,18,19)(H2,16,17,20). The van der Waals surface area contributed by atoms with Crippen LogP contribution in [0.25, 0.3) is 0 Å². The highest BCUT2D eigenvalue weighted by atomic mass is 32.1. The molecule has 7 heteroatoms. The second-order valence-electron chi connectivity index (χ2n) is 6.16. The first-order chi connectivity index (χ1) is 9.52. The molecule has 1 heterocycles. The van der Waals surface area contributed by atoms with Gasteiger partial charge in [0.15, 0.2) is 0 Å². The summed E-state index contributed by atoms with van der Waals surface area (Å²) in [5.74, 6) is -1.05. The Morgan fingerprint density at radius 3 is 2.19 bits per heavy atom. The molecule has 3 N–H and O–H groups in total. The van der Waals surface area contributed by atoms with Crippen LogP contribution in [0.1, 0.15) is 49.3 Å². The van der Waals surface area contributed by atoms with Gasteiger partial charge in [0.05, 0.1) is 16.7 Å². The number of aromatic nitrogens is 1. The number of carboxylic acids is 1. The molecule has 1 aromatic heterocycles. The van der Waals surface area contributed by atoms with Crippen LogP contribution < -0.4 is 10.6 Å². The van der Waals surface area contributed by atoms with Gasteiger partial charge in [0.2, 0.25) is 0 Å². The van der Waals surface area contributed by atoms with E-state index in [1.54, 1.807) is 20.8 Å². The number of carboxylic acid groups (broad SMARTS) is 1. The first kappa shape index (κ1) is 17.4. The molecule has 2 unspecified atom stereocenters. The summed E-state index contributed by atoms with van der Waals surface area (Å²) in [5, 5.41) is 15.4. The molecule has 0 aliphatic rings. The summed E-state index contributed by atoms with van der Waals surface area (Å²) in [5.41, 5.74) is 0.319. The van der Waals surface area contributed by atoms with Crippen molar-refractivity contribution in [1.29, 1.82) is 0 Å². The molecule has 1 aromatic rings. The van der Waals surface area contributed by atoms with Crippen molar-refractivity contribution in [1.82, 2.24) is 15.6 Å². The van der Waals surface area contributed by atoms with Crippen LogP contribution in [-0.2, 0) is 4.79 Å². The minimum Gasteiger partial charge on any atom is -0.480 e. The van der Waals surface area contributed by atoms with Gasteiger partial charge in [-0.05, 0) is 26.2 Å². The van der Waals surface area contributed by atoms with Crippen LogP contribution in [0.2, 0.25) is 0 Å². The quantitative estimate of drug-likeness (QED) is 0.797. The lowest BCUT2D eigenvalue weighted by Gasteiger charge is -2.28. The van der Waals surface area contributed by atoms with E-state index in [4.69, 9.17) is 0 Å². The molecular weight excluding hydrogens is 290 g/mol. The van der Waals surface area contributed by atoms with Crippen LogP contribution in [0.4, 0.5) is 4.79 Å². The number of urea groups is 1. The number of thiazole rings is 1. The summed E-state index contributed by atoms with van der Waals surface area (Å²) >= 11 is 1.53. The van der Waals surface area contributed by atoms with Crippen molar-refractivity contribution in [3.8, 4) is 0 Å². The van der Waals surface area contributed by atoms with Crippen molar-refractivity contribution in [2.75, 3.05) is 0 Å². The highest BCUT2D eigenvalue weighted by molar-refractivity contribution is 7.11. The van der Waals surface area contributed by atoms with Crippen molar-refractivity contribution in [3.63, 3.8) is 0 Å². The fourth-order valence-corrected chi connectivity index (χ4v) is 2.96. The van der Waals surface area contributed by atoms with Gasteiger partial charge in [-0.15, -0.1) is 11.3 Å². The van der Waals surface area contributed by atoms with Gasteiger partial charge < -0.3 is 15.7 Å². The third kappa shape index (κ3) is 4.70. The lowest BCUT2D eigenvalue weighted by atomic mass is 9.87. The first-order valence-electron chi connectivity index (χ1n) is 6.76. The molecule has 0 fully saturated rings. The second-order valence-corrected chi connectivity index (χ2v) is 7.39. The summed E-state index contributed by atoms with van der Waals surface area (Å²) < 4.78 is 0. The molecule has 0 bridgehead atoms. The maximum absolute atomic E-state index is 12.0. The molecule has 0 saturated heterocycles. The normalized spacial score (nSPS) is 14.4. The summed E-state index contributed by atoms with van der Waals surface area (Å²) in [7, 11) is 0. The van der Waals surface area contributed by atoms with Crippen LogP contribution in [0.15, 0.2) is 0 Å². The predicted molar refractivity (Wildman–Crippen MR) is 82.5 cm³/mol. The molecule has 2 atom stereocenters. The van der Waals surface area contributed by atoms with Crippen molar-refractivity contribution in [3.05, 3.63) is 15.6 Å². The monoisotopic (exact) mass is 313 g/mol. The minimum absolute atomic E-state index is 0.217. The molecule has 6 nitrogen and oxygen atoms in total. The largest absolute Gasteiger partial charge is 0.480 e. The third-order valence-corrected chi connectivity index (χ3v) is 4.32. The molecule has 0 aliphatic heterocycles. The van der Waals surface area contributed by atoms with Gasteiger partial charge in [0.1, 0.15) is 6.04 Å². The van der Waals surface area contributed by atoms with E-state index in [2.05, 4.69) is 15.6 Å². The maximum Gasteiger partial charge on any atom is 0.326 e. The third-order valence-electron chi connectivity index (χ3n) is 3.07. The Labute approximate surface area is 129 Å². The molecule has 0 saturated carbocycles. The minimum atomic E-state index is -1.05. The summed E-state index contributed by atoms with van der Waals surface area (Å²) in [6.45, 7) is 11.0. The van der Waals surface area contributed by atoms with Gasteiger partial charge in [-0.2, -0.15) is 0 Å². The van der Waals surface area contributed by atoms with Crippen LogP contribution in [0, 0.1) is 19.3 Å². The Kier molecular flexibility index (Phi) is 5.33. The highest BCUT2D eigenvalue weighted by Gasteiger charge is 2.33. The van der Waals surface area contributed by atoms with Crippen molar-refractivity contribution in [2.45, 2.75) is 53.6 Å². The van der Waals surface area contributed by atoms with E-state index < -0.39 is 23.5 Å². The smallest absolute Gasteiger partial charge is 0.326 e. The molecule has 0 spiro atoms. The Hall–Kier alpha value is -1.63. The average molecular weight is 313 g/mol. The Morgan fingerprint density at radius 2 is 1.81 bits per heavy atom. The Balaban J connectivity index is 2.73. The van der Waals surface area contributed by atoms with Gasteiger partial charge >= 0.3 is 12.0 Å². The summed E-state index contributed by atoms with van der Waals surface area (Å²) in [6, 6.07) is -1.66. The van der Waals surface area contributed by atoms with Crippen LogP contribution in [0.3, 0.4) is 0 Å². The number of nitrogens with one attached hydrogen (secondary N) is 2. The molecule has 0 aliphatic carbocycles. The number of aryl methyl sites for hydroxylation is 2. The van der Waals surface area contributed by atoms with E-state index in [9.17, 15) is 14.7 Å². The Morgan fingerprint density at radius 1 is 1.24 bits per heavy atom. The second kappa shape index (κ2) is 6.43. The summed E-state index contributed by atoms with van der Waals surface area (Å²) in [6.07, 6.45) is 0. The zero-order valence-electron chi connectivity index (χ0n) is 13.3. The SMILES string of the molecule is Cc1nc(C)c(C(C)NC(=O)NC(C(=O)O)C(C)(C)C)s1. The van der Waals surface area contributed by atoms with E-state index >= 15 is 0 Å². The lowest BCUT2D eigenvalue weighted by Crippen LogP contribution is -2.52.